The normalized spacial score (nSPS) is 11.9. The molecule has 2 aromatic rings. The van der Waals surface area contributed by atoms with Crippen molar-refractivity contribution in [2.75, 3.05) is 7.11 Å². The maximum atomic E-state index is 13.6. The van der Waals surface area contributed by atoms with Crippen LogP contribution in [-0.2, 0) is 0 Å². The molecule has 1 atom stereocenters. The largest absolute Gasteiger partial charge is 0.494 e. The van der Waals surface area contributed by atoms with Crippen LogP contribution >= 0.6 is 11.3 Å². The molecule has 0 aliphatic heterocycles. The Balaban J connectivity index is 2.09. The predicted molar refractivity (Wildman–Crippen MR) is 73.2 cm³/mol. The van der Waals surface area contributed by atoms with Crippen LogP contribution in [0.3, 0.4) is 0 Å². The molecule has 0 saturated heterocycles. The summed E-state index contributed by atoms with van der Waals surface area (Å²) in [6, 6.07) is 7.96. The average molecular weight is 279 g/mol. The van der Waals surface area contributed by atoms with Crippen LogP contribution < -0.4 is 10.1 Å². The number of benzene rings is 1. The van der Waals surface area contributed by atoms with Crippen molar-refractivity contribution in [2.45, 2.75) is 13.0 Å². The van der Waals surface area contributed by atoms with E-state index in [0.29, 0.717) is 10.4 Å². The van der Waals surface area contributed by atoms with E-state index in [1.807, 2.05) is 18.4 Å². The van der Waals surface area contributed by atoms with Gasteiger partial charge >= 0.3 is 0 Å². The lowest BCUT2D eigenvalue weighted by Crippen LogP contribution is -2.25. The summed E-state index contributed by atoms with van der Waals surface area (Å²) in [5.74, 6) is -0.392. The molecule has 0 spiro atoms. The highest BCUT2D eigenvalue weighted by atomic mass is 32.1. The molecule has 100 valence electrons. The number of amides is 1. The van der Waals surface area contributed by atoms with E-state index in [1.54, 1.807) is 18.2 Å². The predicted octanol–water partition coefficient (Wildman–Crippen LogP) is 3.39. The minimum atomic E-state index is -0.433. The van der Waals surface area contributed by atoms with Gasteiger partial charge in [0.1, 0.15) is 0 Å². The minimum Gasteiger partial charge on any atom is -0.494 e. The molecule has 1 heterocycles. The van der Waals surface area contributed by atoms with Crippen LogP contribution in [0.2, 0.25) is 0 Å². The first-order chi connectivity index (χ1) is 9.11. The van der Waals surface area contributed by atoms with Gasteiger partial charge in [0.15, 0.2) is 11.6 Å². The maximum absolute atomic E-state index is 13.6. The number of hydrogen-bond donors (Lipinski definition) is 1. The van der Waals surface area contributed by atoms with E-state index in [4.69, 9.17) is 4.74 Å². The van der Waals surface area contributed by atoms with Crippen LogP contribution in [0.1, 0.15) is 28.2 Å². The monoisotopic (exact) mass is 279 g/mol. The van der Waals surface area contributed by atoms with Crippen LogP contribution in [-0.4, -0.2) is 13.0 Å². The summed E-state index contributed by atoms with van der Waals surface area (Å²) in [4.78, 5) is 12.5. The van der Waals surface area contributed by atoms with Crippen molar-refractivity contribution in [3.63, 3.8) is 0 Å². The zero-order valence-electron chi connectivity index (χ0n) is 10.6. The van der Waals surface area contributed by atoms with Gasteiger partial charge in [-0.05, 0) is 36.1 Å². The van der Waals surface area contributed by atoms with Crippen LogP contribution in [0.5, 0.6) is 5.75 Å². The summed E-state index contributed by atoms with van der Waals surface area (Å²) < 4.78 is 18.4. The fraction of sp³-hybridized carbons (Fsp3) is 0.214. The highest BCUT2D eigenvalue weighted by Crippen LogP contribution is 2.22. The number of ether oxygens (including phenoxy) is 1. The first-order valence-electron chi connectivity index (χ1n) is 5.79. The van der Waals surface area contributed by atoms with Crippen molar-refractivity contribution >= 4 is 17.2 Å². The molecule has 0 aliphatic carbocycles. The van der Waals surface area contributed by atoms with Crippen molar-refractivity contribution in [1.82, 2.24) is 5.32 Å². The van der Waals surface area contributed by atoms with E-state index in [0.717, 1.165) is 0 Å². The standard InChI is InChI=1S/C14H14FNO2S/c1-9(16-14(17)13-4-3-7-19-13)10-5-6-12(18-2)11(15)8-10/h3-9H,1-2H3,(H,16,17)/t9-/m0/s1. The van der Waals surface area contributed by atoms with Gasteiger partial charge in [-0.25, -0.2) is 4.39 Å². The number of carbonyl (C=O) groups is 1. The van der Waals surface area contributed by atoms with Crippen molar-refractivity contribution in [3.05, 3.63) is 52.0 Å². The molecular formula is C14H14FNO2S. The molecule has 1 amide bonds. The molecule has 0 aliphatic rings. The van der Waals surface area contributed by atoms with Crippen molar-refractivity contribution in [3.8, 4) is 5.75 Å². The zero-order chi connectivity index (χ0) is 13.8. The van der Waals surface area contributed by atoms with E-state index < -0.39 is 5.82 Å². The van der Waals surface area contributed by atoms with E-state index in [9.17, 15) is 9.18 Å². The Labute approximate surface area is 115 Å². The van der Waals surface area contributed by atoms with Crippen molar-refractivity contribution < 1.29 is 13.9 Å². The van der Waals surface area contributed by atoms with E-state index in [2.05, 4.69) is 5.32 Å². The van der Waals surface area contributed by atoms with Gasteiger partial charge in [0, 0.05) is 0 Å². The molecule has 0 bridgehead atoms. The Morgan fingerprint density at radius 3 is 2.79 bits per heavy atom. The summed E-state index contributed by atoms with van der Waals surface area (Å²) in [6.07, 6.45) is 0. The second-order valence-corrected chi connectivity index (χ2v) is 5.01. The lowest BCUT2D eigenvalue weighted by molar-refractivity contribution is 0.0944. The lowest BCUT2D eigenvalue weighted by Gasteiger charge is -2.14. The highest BCUT2D eigenvalue weighted by molar-refractivity contribution is 7.12. The van der Waals surface area contributed by atoms with E-state index in [-0.39, 0.29) is 17.7 Å². The molecule has 5 heteroatoms. The van der Waals surface area contributed by atoms with Gasteiger partial charge in [-0.1, -0.05) is 12.1 Å². The first kappa shape index (κ1) is 13.5. The van der Waals surface area contributed by atoms with Gasteiger partial charge in [0.25, 0.3) is 5.91 Å². The van der Waals surface area contributed by atoms with Crippen LogP contribution in [0.15, 0.2) is 35.7 Å². The van der Waals surface area contributed by atoms with Gasteiger partial charge in [0.05, 0.1) is 18.0 Å². The number of nitrogens with one attached hydrogen (secondary N) is 1. The van der Waals surface area contributed by atoms with Gasteiger partial charge in [0.2, 0.25) is 0 Å². The molecule has 0 unspecified atom stereocenters. The first-order valence-corrected chi connectivity index (χ1v) is 6.67. The van der Waals surface area contributed by atoms with E-state index in [1.165, 1.54) is 24.5 Å². The SMILES string of the molecule is COc1ccc([C@H](C)NC(=O)c2cccs2)cc1F. The average Bonchev–Trinajstić information content (AvgIpc) is 2.92. The molecule has 0 saturated carbocycles. The lowest BCUT2D eigenvalue weighted by atomic mass is 10.1. The van der Waals surface area contributed by atoms with Gasteiger partial charge in [-0.3, -0.25) is 4.79 Å². The number of hydrogen-bond acceptors (Lipinski definition) is 3. The quantitative estimate of drug-likeness (QED) is 0.931. The molecule has 2 rings (SSSR count). The fourth-order valence-electron chi connectivity index (χ4n) is 1.71. The summed E-state index contributed by atoms with van der Waals surface area (Å²) in [7, 11) is 1.42. The Kier molecular flexibility index (Phi) is 4.16. The molecule has 1 N–H and O–H groups in total. The Morgan fingerprint density at radius 2 is 2.21 bits per heavy atom. The summed E-state index contributed by atoms with van der Waals surface area (Å²) >= 11 is 1.37. The van der Waals surface area contributed by atoms with Crippen LogP contribution in [0.4, 0.5) is 4.39 Å². The molecule has 0 radical (unpaired) electrons. The van der Waals surface area contributed by atoms with Crippen LogP contribution in [0, 0.1) is 5.82 Å². The van der Waals surface area contributed by atoms with Gasteiger partial charge in [-0.15, -0.1) is 11.3 Å². The Bertz CT molecular complexity index is 569. The van der Waals surface area contributed by atoms with E-state index >= 15 is 0 Å². The molecule has 1 aromatic heterocycles. The summed E-state index contributed by atoms with van der Waals surface area (Å²) in [6.45, 7) is 1.81. The zero-order valence-corrected chi connectivity index (χ0v) is 11.5. The number of halogens is 1. The third-order valence-electron chi connectivity index (χ3n) is 2.77. The van der Waals surface area contributed by atoms with Gasteiger partial charge < -0.3 is 10.1 Å². The third kappa shape index (κ3) is 3.12. The number of rotatable bonds is 4. The fourth-order valence-corrected chi connectivity index (χ4v) is 2.34. The van der Waals surface area contributed by atoms with Crippen LogP contribution in [0.25, 0.3) is 0 Å². The molecule has 0 fully saturated rings. The molecule has 1 aromatic carbocycles. The summed E-state index contributed by atoms with van der Waals surface area (Å²) in [5.41, 5.74) is 0.697. The Morgan fingerprint density at radius 1 is 1.42 bits per heavy atom. The summed E-state index contributed by atoms with van der Waals surface area (Å²) in [5, 5.41) is 4.67. The van der Waals surface area contributed by atoms with Crippen molar-refractivity contribution in [1.29, 1.82) is 0 Å². The maximum Gasteiger partial charge on any atom is 0.261 e. The Hall–Kier alpha value is -1.88. The molecule has 3 nitrogen and oxygen atoms in total. The third-order valence-corrected chi connectivity index (χ3v) is 3.64. The van der Waals surface area contributed by atoms with Gasteiger partial charge in [-0.2, -0.15) is 0 Å². The molecular weight excluding hydrogens is 265 g/mol. The number of thiophene rings is 1. The number of methoxy groups -OCH3 is 1. The second-order valence-electron chi connectivity index (χ2n) is 4.07. The number of carbonyl (C=O) groups excluding carboxylic acids is 1. The smallest absolute Gasteiger partial charge is 0.261 e. The topological polar surface area (TPSA) is 38.3 Å². The minimum absolute atomic E-state index is 0.154. The van der Waals surface area contributed by atoms with Crippen molar-refractivity contribution in [2.24, 2.45) is 0 Å². The molecule has 19 heavy (non-hydrogen) atoms. The second kappa shape index (κ2) is 5.84. The highest BCUT2D eigenvalue weighted by Gasteiger charge is 2.13.